The number of fused-ring (bicyclic) bond motifs is 1. The number of anilines is 1. The van der Waals surface area contributed by atoms with Crippen LogP contribution in [0, 0.1) is 0 Å². The summed E-state index contributed by atoms with van der Waals surface area (Å²) in [5.41, 5.74) is 1.40. The van der Waals surface area contributed by atoms with Gasteiger partial charge in [0.25, 0.3) is 0 Å². The van der Waals surface area contributed by atoms with Crippen LogP contribution in [0.3, 0.4) is 0 Å². The molecule has 0 fully saturated rings. The molecule has 0 aromatic heterocycles. The van der Waals surface area contributed by atoms with E-state index in [2.05, 4.69) is 60.4 Å². The van der Waals surface area contributed by atoms with Crippen molar-refractivity contribution in [2.24, 2.45) is 0 Å². The summed E-state index contributed by atoms with van der Waals surface area (Å²) in [5, 5.41) is 0. The third-order valence-electron chi connectivity index (χ3n) is 3.30. The van der Waals surface area contributed by atoms with Gasteiger partial charge in [0.1, 0.15) is 0 Å². The van der Waals surface area contributed by atoms with Gasteiger partial charge in [-0.15, -0.1) is 11.8 Å². The van der Waals surface area contributed by atoms with Crippen LogP contribution in [0.1, 0.15) is 32.6 Å². The van der Waals surface area contributed by atoms with Crippen molar-refractivity contribution in [2.45, 2.75) is 37.5 Å². The Morgan fingerprint density at radius 2 is 1.48 bits per heavy atom. The topological polar surface area (TPSA) is 3.24 Å². The van der Waals surface area contributed by atoms with Crippen LogP contribution in [-0.2, 0) is 19.5 Å². The van der Waals surface area contributed by atoms with Crippen molar-refractivity contribution in [2.75, 3.05) is 17.3 Å². The van der Waals surface area contributed by atoms with E-state index in [1.165, 1.54) is 36.3 Å². The number of thioether (sulfide) groups is 1. The first-order valence-corrected chi connectivity index (χ1v) is 8.17. The van der Waals surface area contributed by atoms with Crippen LogP contribution in [0.5, 0.6) is 0 Å². The van der Waals surface area contributed by atoms with E-state index in [1.54, 1.807) is 0 Å². The Labute approximate surface area is 152 Å². The van der Waals surface area contributed by atoms with E-state index in [1.807, 2.05) is 11.8 Å². The largest absolute Gasteiger partial charge is 1.00 e. The molecule has 0 unspecified atom stereocenters. The molecule has 119 valence electrons. The maximum atomic E-state index is 2.39. The zero-order valence-electron chi connectivity index (χ0n) is 12.4. The molecule has 0 saturated heterocycles. The molecule has 1 aliphatic heterocycles. The van der Waals surface area contributed by atoms with Gasteiger partial charge in [0, 0.05) is 30.9 Å². The molecule has 0 atom stereocenters. The molecule has 0 N–H and O–H groups in total. The van der Waals surface area contributed by atoms with Gasteiger partial charge in [-0.3, -0.25) is 0 Å². The summed E-state index contributed by atoms with van der Waals surface area (Å²) >= 11 is 1.93. The van der Waals surface area contributed by atoms with E-state index >= 15 is 0 Å². The smallest absolute Gasteiger partial charge is 0.0686 e. The Hall–Kier alpha value is -0.237. The minimum Gasteiger partial charge on any atom is -1.00 e. The Morgan fingerprint density at radius 1 is 0.952 bits per heavy atom. The van der Waals surface area contributed by atoms with E-state index in [-0.39, 0.29) is 31.9 Å². The fourth-order valence-corrected chi connectivity index (χ4v) is 3.31. The molecule has 4 heteroatoms. The van der Waals surface area contributed by atoms with Gasteiger partial charge in [-0.25, -0.2) is 0 Å². The molecule has 1 nitrogen and oxygen atoms in total. The molecule has 0 spiro atoms. The average Bonchev–Trinajstić information content (AvgIpc) is 2.81. The first-order chi connectivity index (χ1) is 9.42. The SMILES string of the molecule is C1=C\CC/C=C\CC/1.CCN1CSc2ccccc21.[Cl-].[Rh]. The number of para-hydroxylation sites is 1. The van der Waals surface area contributed by atoms with Crippen LogP contribution in [-0.4, -0.2) is 12.4 Å². The van der Waals surface area contributed by atoms with Gasteiger partial charge in [0.15, 0.2) is 0 Å². The normalized spacial score (nSPS) is 18.6. The summed E-state index contributed by atoms with van der Waals surface area (Å²) < 4.78 is 0. The summed E-state index contributed by atoms with van der Waals surface area (Å²) in [6.07, 6.45) is 14.0. The third-order valence-corrected chi connectivity index (χ3v) is 4.39. The predicted octanol–water partition coefficient (Wildman–Crippen LogP) is 2.25. The summed E-state index contributed by atoms with van der Waals surface area (Å²) in [6, 6.07) is 8.59. The second-order valence-electron chi connectivity index (χ2n) is 4.69. The Kier molecular flexibility index (Phi) is 12.2. The van der Waals surface area contributed by atoms with Crippen LogP contribution < -0.4 is 17.3 Å². The van der Waals surface area contributed by atoms with Gasteiger partial charge in [-0.05, 0) is 44.7 Å². The Bertz CT molecular complexity index is 422. The van der Waals surface area contributed by atoms with Crippen LogP contribution in [0.4, 0.5) is 5.69 Å². The van der Waals surface area contributed by atoms with Crippen LogP contribution in [0.15, 0.2) is 53.5 Å². The fourth-order valence-electron chi connectivity index (χ4n) is 2.18. The molecule has 1 aromatic carbocycles. The van der Waals surface area contributed by atoms with Gasteiger partial charge in [0.2, 0.25) is 0 Å². The fraction of sp³-hybridized carbons (Fsp3) is 0.412. The van der Waals surface area contributed by atoms with Crippen LogP contribution in [0.25, 0.3) is 0 Å². The average molecular weight is 412 g/mol. The number of allylic oxidation sites excluding steroid dienone is 4. The Morgan fingerprint density at radius 3 is 2.00 bits per heavy atom. The molecular formula is C17H23ClNRhS-. The monoisotopic (exact) mass is 411 g/mol. The third kappa shape index (κ3) is 7.04. The standard InChI is InChI=1S/C9H11NS.C8H12.ClH.Rh/c1-2-10-7-11-9-6-4-3-5-8(9)10;1-2-4-6-8-7-5-3-1;;/h3-6H,2,7H2,1H3;1-2,7-8H,3-6H2;1H;/p-1/b;2-1-,8-7-;;. The first kappa shape index (κ1) is 20.8. The van der Waals surface area contributed by atoms with Gasteiger partial charge in [-0.2, -0.15) is 0 Å². The van der Waals surface area contributed by atoms with Crippen molar-refractivity contribution in [3.63, 3.8) is 0 Å². The molecule has 0 saturated carbocycles. The maximum Gasteiger partial charge on any atom is 0.0686 e. The van der Waals surface area contributed by atoms with Crippen LogP contribution in [0.2, 0.25) is 0 Å². The van der Waals surface area contributed by atoms with Crippen molar-refractivity contribution in [1.29, 1.82) is 0 Å². The molecule has 1 radical (unpaired) electrons. The van der Waals surface area contributed by atoms with Gasteiger partial charge >= 0.3 is 0 Å². The van der Waals surface area contributed by atoms with E-state index in [0.717, 1.165) is 12.4 Å². The van der Waals surface area contributed by atoms with E-state index < -0.39 is 0 Å². The van der Waals surface area contributed by atoms with Crippen molar-refractivity contribution in [1.82, 2.24) is 0 Å². The number of halogens is 1. The van der Waals surface area contributed by atoms with Gasteiger partial charge in [0.05, 0.1) is 11.6 Å². The predicted molar refractivity (Wildman–Crippen MR) is 86.9 cm³/mol. The summed E-state index contributed by atoms with van der Waals surface area (Å²) in [4.78, 5) is 3.81. The number of nitrogens with zero attached hydrogens (tertiary/aromatic N) is 1. The van der Waals surface area contributed by atoms with Gasteiger partial charge in [-0.1, -0.05) is 36.4 Å². The van der Waals surface area contributed by atoms with Gasteiger partial charge < -0.3 is 17.3 Å². The first-order valence-electron chi connectivity index (χ1n) is 7.18. The minimum atomic E-state index is 0. The molecular weight excluding hydrogens is 389 g/mol. The zero-order chi connectivity index (χ0) is 13.3. The molecule has 1 aliphatic carbocycles. The zero-order valence-corrected chi connectivity index (χ0v) is 15.6. The molecule has 0 amide bonds. The van der Waals surface area contributed by atoms with E-state index in [0.29, 0.717) is 0 Å². The Balaban J connectivity index is 0.000000363. The number of benzene rings is 1. The van der Waals surface area contributed by atoms with Crippen LogP contribution >= 0.6 is 11.8 Å². The maximum absolute atomic E-state index is 2.39. The summed E-state index contributed by atoms with van der Waals surface area (Å²) in [6.45, 7) is 3.31. The molecule has 2 aliphatic rings. The summed E-state index contributed by atoms with van der Waals surface area (Å²) in [5.74, 6) is 1.12. The molecule has 0 bridgehead atoms. The number of hydrogen-bond acceptors (Lipinski definition) is 2. The number of rotatable bonds is 1. The number of hydrogen-bond donors (Lipinski definition) is 0. The van der Waals surface area contributed by atoms with Crippen molar-refractivity contribution in [3.8, 4) is 0 Å². The van der Waals surface area contributed by atoms with E-state index in [9.17, 15) is 0 Å². The summed E-state index contributed by atoms with van der Waals surface area (Å²) in [7, 11) is 0. The van der Waals surface area contributed by atoms with Crippen molar-refractivity contribution in [3.05, 3.63) is 48.6 Å². The quantitative estimate of drug-likeness (QED) is 0.515. The molecule has 1 heterocycles. The van der Waals surface area contributed by atoms with Crippen molar-refractivity contribution < 1.29 is 31.9 Å². The minimum absolute atomic E-state index is 0. The van der Waals surface area contributed by atoms with Crippen molar-refractivity contribution >= 4 is 17.4 Å². The second-order valence-corrected chi connectivity index (χ2v) is 5.68. The molecule has 1 aromatic rings. The van der Waals surface area contributed by atoms with E-state index in [4.69, 9.17) is 0 Å². The second kappa shape index (κ2) is 12.3. The molecule has 21 heavy (non-hydrogen) atoms. The molecule has 3 rings (SSSR count).